The number of nitrogens with one attached hydrogen (secondary N) is 2. The topological polar surface area (TPSA) is 68.2 Å². The highest BCUT2D eigenvalue weighted by molar-refractivity contribution is 5.79. The first-order chi connectivity index (χ1) is 8.29. The van der Waals surface area contributed by atoms with E-state index < -0.39 is 0 Å². The smallest absolute Gasteiger partial charge is 0.224 e. The fourth-order valence-corrected chi connectivity index (χ4v) is 3.48. The van der Waals surface area contributed by atoms with Crippen LogP contribution in [0.1, 0.15) is 25.7 Å². The molecule has 0 spiro atoms. The molecule has 0 saturated carbocycles. The third-order valence-corrected chi connectivity index (χ3v) is 4.41. The molecule has 5 nitrogen and oxygen atoms in total. The third kappa shape index (κ3) is 1.77. The molecule has 0 radical (unpaired) electrons. The van der Waals surface area contributed by atoms with Crippen LogP contribution in [-0.4, -0.2) is 42.0 Å². The Morgan fingerprint density at radius 3 is 2.94 bits per heavy atom. The lowest BCUT2D eigenvalue weighted by Crippen LogP contribution is -2.45. The average Bonchev–Trinajstić information content (AvgIpc) is 3.04. The van der Waals surface area contributed by atoms with Gasteiger partial charge in [-0.25, -0.2) is 0 Å². The summed E-state index contributed by atoms with van der Waals surface area (Å²) in [5.74, 6) is 0.301. The van der Waals surface area contributed by atoms with Crippen molar-refractivity contribution >= 4 is 5.91 Å². The van der Waals surface area contributed by atoms with Crippen LogP contribution in [0, 0.1) is 17.4 Å². The molecule has 1 unspecified atom stereocenters. The van der Waals surface area contributed by atoms with Crippen molar-refractivity contribution in [2.24, 2.45) is 5.92 Å². The summed E-state index contributed by atoms with van der Waals surface area (Å²) in [7, 11) is 0. The van der Waals surface area contributed by atoms with E-state index in [0.29, 0.717) is 6.04 Å². The van der Waals surface area contributed by atoms with Gasteiger partial charge in [-0.1, -0.05) is 0 Å². The van der Waals surface area contributed by atoms with Crippen LogP contribution in [0.5, 0.6) is 0 Å². The number of carbonyl (C=O) groups is 1. The van der Waals surface area contributed by atoms with Crippen molar-refractivity contribution in [1.82, 2.24) is 15.5 Å². The van der Waals surface area contributed by atoms with Gasteiger partial charge in [0.15, 0.2) is 6.19 Å². The van der Waals surface area contributed by atoms with E-state index in [1.54, 1.807) is 0 Å². The van der Waals surface area contributed by atoms with Gasteiger partial charge in [0.2, 0.25) is 5.91 Å². The third-order valence-electron chi connectivity index (χ3n) is 4.41. The lowest BCUT2D eigenvalue weighted by Gasteiger charge is -2.23. The van der Waals surface area contributed by atoms with Crippen LogP contribution in [-0.2, 0) is 4.79 Å². The van der Waals surface area contributed by atoms with E-state index in [-0.39, 0.29) is 23.9 Å². The standard InChI is InChI=1S/C12H18N4O/c13-7-16-9-1-2-11(16)10(5-9)15-12(17)8-3-4-14-6-8/h8-11,14H,1-6H2,(H,15,17)/t8?,9-,10+,11+/m0/s1. The number of amides is 1. The molecule has 3 saturated heterocycles. The Labute approximate surface area is 101 Å². The Morgan fingerprint density at radius 2 is 2.29 bits per heavy atom. The second-order valence-electron chi connectivity index (χ2n) is 5.35. The Kier molecular flexibility index (Phi) is 2.67. The lowest BCUT2D eigenvalue weighted by atomic mass is 9.95. The molecule has 4 atom stereocenters. The van der Waals surface area contributed by atoms with Crippen LogP contribution >= 0.6 is 0 Å². The predicted octanol–water partition coefficient (Wildman–Crippen LogP) is -0.202. The van der Waals surface area contributed by atoms with Gasteiger partial charge in [-0.2, -0.15) is 5.26 Å². The first-order valence-electron chi connectivity index (χ1n) is 6.49. The van der Waals surface area contributed by atoms with Gasteiger partial charge in [0.1, 0.15) is 0 Å². The molecule has 0 aromatic rings. The van der Waals surface area contributed by atoms with Gasteiger partial charge in [-0.3, -0.25) is 4.79 Å². The number of hydrogen-bond donors (Lipinski definition) is 2. The second-order valence-corrected chi connectivity index (χ2v) is 5.35. The van der Waals surface area contributed by atoms with Crippen LogP contribution in [0.3, 0.4) is 0 Å². The zero-order chi connectivity index (χ0) is 11.8. The quantitative estimate of drug-likeness (QED) is 0.649. The van der Waals surface area contributed by atoms with E-state index in [1.165, 1.54) is 0 Å². The van der Waals surface area contributed by atoms with E-state index in [9.17, 15) is 4.79 Å². The van der Waals surface area contributed by atoms with Crippen molar-refractivity contribution in [3.8, 4) is 6.19 Å². The van der Waals surface area contributed by atoms with Crippen LogP contribution in [0.15, 0.2) is 0 Å². The molecule has 3 aliphatic rings. The molecule has 1 amide bonds. The van der Waals surface area contributed by atoms with Crippen LogP contribution in [0.2, 0.25) is 0 Å². The minimum absolute atomic E-state index is 0.129. The minimum Gasteiger partial charge on any atom is -0.351 e. The molecule has 0 aromatic heterocycles. The normalized spacial score (nSPS) is 39.4. The van der Waals surface area contributed by atoms with E-state index in [4.69, 9.17) is 5.26 Å². The fraction of sp³-hybridized carbons (Fsp3) is 0.833. The first kappa shape index (κ1) is 10.8. The summed E-state index contributed by atoms with van der Waals surface area (Å²) in [4.78, 5) is 13.9. The van der Waals surface area contributed by atoms with E-state index in [0.717, 1.165) is 38.8 Å². The molecular weight excluding hydrogens is 216 g/mol. The fourth-order valence-electron chi connectivity index (χ4n) is 3.48. The summed E-state index contributed by atoms with van der Waals surface area (Å²) < 4.78 is 0. The Bertz CT molecular complexity index is 358. The molecule has 5 heteroatoms. The maximum absolute atomic E-state index is 12.0. The highest BCUT2D eigenvalue weighted by Crippen LogP contribution is 2.37. The molecule has 0 aromatic carbocycles. The second kappa shape index (κ2) is 4.19. The molecular formula is C12H18N4O. The van der Waals surface area contributed by atoms with Crippen LogP contribution < -0.4 is 10.6 Å². The van der Waals surface area contributed by atoms with E-state index >= 15 is 0 Å². The van der Waals surface area contributed by atoms with Crippen molar-refractivity contribution < 1.29 is 4.79 Å². The maximum atomic E-state index is 12.0. The molecule has 2 bridgehead atoms. The molecule has 17 heavy (non-hydrogen) atoms. The Balaban J connectivity index is 1.60. The highest BCUT2D eigenvalue weighted by Gasteiger charge is 2.46. The lowest BCUT2D eigenvalue weighted by molar-refractivity contribution is -0.125. The van der Waals surface area contributed by atoms with Crippen LogP contribution in [0.4, 0.5) is 0 Å². The number of carbonyl (C=O) groups excluding carboxylic acids is 1. The SMILES string of the molecule is N#CN1[C@H]2CC[C@@H]1[C@H](NC(=O)C1CCNC1)C2. The molecule has 3 heterocycles. The summed E-state index contributed by atoms with van der Waals surface area (Å²) in [6.07, 6.45) is 6.31. The van der Waals surface area contributed by atoms with Crippen LogP contribution in [0.25, 0.3) is 0 Å². The summed E-state index contributed by atoms with van der Waals surface area (Å²) in [6.45, 7) is 1.74. The Morgan fingerprint density at radius 1 is 1.41 bits per heavy atom. The highest BCUT2D eigenvalue weighted by atomic mass is 16.2. The van der Waals surface area contributed by atoms with Gasteiger partial charge in [-0.15, -0.1) is 0 Å². The van der Waals surface area contributed by atoms with Gasteiger partial charge in [0.05, 0.1) is 18.0 Å². The monoisotopic (exact) mass is 234 g/mol. The van der Waals surface area contributed by atoms with Gasteiger partial charge < -0.3 is 15.5 Å². The number of nitriles is 1. The number of hydrogen-bond acceptors (Lipinski definition) is 4. The zero-order valence-corrected chi connectivity index (χ0v) is 9.85. The molecule has 0 aliphatic carbocycles. The first-order valence-corrected chi connectivity index (χ1v) is 6.49. The number of nitrogens with zero attached hydrogens (tertiary/aromatic N) is 2. The summed E-state index contributed by atoms with van der Waals surface area (Å²) >= 11 is 0. The predicted molar refractivity (Wildman–Crippen MR) is 61.8 cm³/mol. The summed E-state index contributed by atoms with van der Waals surface area (Å²) in [6, 6.07) is 0.821. The summed E-state index contributed by atoms with van der Waals surface area (Å²) in [5.41, 5.74) is 0. The molecule has 3 rings (SSSR count). The molecule has 2 N–H and O–H groups in total. The number of fused-ring (bicyclic) bond motifs is 2. The largest absolute Gasteiger partial charge is 0.351 e. The van der Waals surface area contributed by atoms with Crippen molar-refractivity contribution in [2.75, 3.05) is 13.1 Å². The zero-order valence-electron chi connectivity index (χ0n) is 9.85. The van der Waals surface area contributed by atoms with Gasteiger partial charge in [-0.05, 0) is 32.2 Å². The molecule has 92 valence electrons. The van der Waals surface area contributed by atoms with Crippen molar-refractivity contribution in [3.63, 3.8) is 0 Å². The molecule has 3 fully saturated rings. The number of rotatable bonds is 2. The minimum atomic E-state index is 0.129. The van der Waals surface area contributed by atoms with Crippen molar-refractivity contribution in [2.45, 2.75) is 43.8 Å². The van der Waals surface area contributed by atoms with E-state index in [2.05, 4.69) is 16.8 Å². The Hall–Kier alpha value is -1.28. The van der Waals surface area contributed by atoms with Gasteiger partial charge >= 0.3 is 0 Å². The van der Waals surface area contributed by atoms with E-state index in [1.807, 2.05) is 4.90 Å². The maximum Gasteiger partial charge on any atom is 0.224 e. The molecule has 3 aliphatic heterocycles. The van der Waals surface area contributed by atoms with Gasteiger partial charge in [0, 0.05) is 12.6 Å². The average molecular weight is 234 g/mol. The van der Waals surface area contributed by atoms with Crippen molar-refractivity contribution in [3.05, 3.63) is 0 Å². The van der Waals surface area contributed by atoms with Gasteiger partial charge in [0.25, 0.3) is 0 Å². The van der Waals surface area contributed by atoms with Crippen molar-refractivity contribution in [1.29, 1.82) is 5.26 Å². The summed E-state index contributed by atoms with van der Waals surface area (Å²) in [5, 5.41) is 15.4.